The maximum atomic E-state index is 11.8. The van der Waals surface area contributed by atoms with E-state index in [1.807, 2.05) is 0 Å². The van der Waals surface area contributed by atoms with E-state index in [2.05, 4.69) is 4.98 Å². The summed E-state index contributed by atoms with van der Waals surface area (Å²) < 4.78 is 0. The summed E-state index contributed by atoms with van der Waals surface area (Å²) in [6.45, 7) is 0. The van der Waals surface area contributed by atoms with Crippen molar-refractivity contribution >= 4 is 122 Å². The quantitative estimate of drug-likeness (QED) is 0.169. The average molecular weight is 604 g/mol. The van der Waals surface area contributed by atoms with E-state index in [-0.39, 0.29) is 72.6 Å². The minimum Gasteiger partial charge on any atom is -0.298 e. The third kappa shape index (κ3) is 4.10. The monoisotopic (exact) mass is 599 g/mol. The first kappa shape index (κ1) is 24.8. The average Bonchev–Trinajstić information content (AvgIpc) is 2.74. The number of aromatic nitrogens is 1. The Morgan fingerprint density at radius 1 is 0.567 bits per heavy atom. The van der Waals surface area contributed by atoms with E-state index in [4.69, 9.17) is 116 Å². The fourth-order valence-electron chi connectivity index (χ4n) is 2.59. The maximum absolute atomic E-state index is 11.8. The molecule has 1 heterocycles. The van der Waals surface area contributed by atoms with E-state index < -0.39 is 0 Å². The first-order chi connectivity index (χ1) is 14.0. The van der Waals surface area contributed by atoms with Gasteiger partial charge in [0.2, 0.25) is 0 Å². The summed E-state index contributed by atoms with van der Waals surface area (Å²) in [5.74, 6) is 0. The van der Waals surface area contributed by atoms with Gasteiger partial charge < -0.3 is 0 Å². The highest BCUT2D eigenvalue weighted by Crippen LogP contribution is 2.50. The molecule has 0 saturated carbocycles. The van der Waals surface area contributed by atoms with Gasteiger partial charge in [0.15, 0.2) is 6.29 Å². The standard InChI is InChI=1S/C18H3Cl10NO/c19-8-6(9(20)13(24)16(27)12(8)23)4-1-5(3-30)18(29-2-4)7-10(21)14(25)17(28)15(26)11(7)22/h1-3H. The molecule has 156 valence electrons. The zero-order chi connectivity index (χ0) is 22.5. The molecule has 0 aliphatic rings. The van der Waals surface area contributed by atoms with Crippen molar-refractivity contribution in [1.29, 1.82) is 0 Å². The summed E-state index contributed by atoms with van der Waals surface area (Å²) in [6, 6.07) is 1.45. The van der Waals surface area contributed by atoms with Crippen molar-refractivity contribution in [2.24, 2.45) is 0 Å². The molecule has 1 aromatic heterocycles. The summed E-state index contributed by atoms with van der Waals surface area (Å²) >= 11 is 61.7. The Morgan fingerprint density at radius 2 is 0.933 bits per heavy atom. The number of rotatable bonds is 3. The molecule has 0 fully saturated rings. The maximum Gasteiger partial charge on any atom is 0.152 e. The Bertz CT molecular complexity index is 1170. The van der Waals surface area contributed by atoms with Crippen LogP contribution in [0.1, 0.15) is 10.4 Å². The number of pyridine rings is 1. The molecule has 0 aliphatic heterocycles. The molecule has 3 rings (SSSR count). The lowest BCUT2D eigenvalue weighted by Gasteiger charge is -2.16. The van der Waals surface area contributed by atoms with Gasteiger partial charge in [-0.3, -0.25) is 9.78 Å². The zero-order valence-electron chi connectivity index (χ0n) is 13.9. The molecule has 30 heavy (non-hydrogen) atoms. The van der Waals surface area contributed by atoms with Crippen LogP contribution < -0.4 is 0 Å². The normalized spacial score (nSPS) is 11.1. The Labute approximate surface area is 220 Å². The van der Waals surface area contributed by atoms with Crippen LogP contribution in [-0.2, 0) is 0 Å². The van der Waals surface area contributed by atoms with Crippen LogP contribution >= 0.6 is 116 Å². The van der Waals surface area contributed by atoms with Crippen LogP contribution in [0.5, 0.6) is 0 Å². The van der Waals surface area contributed by atoms with Crippen molar-refractivity contribution in [3.05, 3.63) is 68.1 Å². The van der Waals surface area contributed by atoms with Gasteiger partial charge in [-0.15, -0.1) is 0 Å². The Hall–Kier alpha value is 0.160. The van der Waals surface area contributed by atoms with Gasteiger partial charge in [0.25, 0.3) is 0 Å². The number of nitrogens with zero attached hydrogens (tertiary/aromatic N) is 1. The SMILES string of the molecule is O=Cc1cc(-c2c(Cl)c(Cl)c(Cl)c(Cl)c2Cl)cnc1-c1c(Cl)c(Cl)c(Cl)c(Cl)c1Cl. The number of aldehydes is 1. The first-order valence-corrected chi connectivity index (χ1v) is 11.3. The third-order valence-corrected chi connectivity index (χ3v) is 8.54. The summed E-state index contributed by atoms with van der Waals surface area (Å²) in [7, 11) is 0. The van der Waals surface area contributed by atoms with Crippen LogP contribution in [0.2, 0.25) is 50.2 Å². The predicted octanol–water partition coefficient (Wildman–Crippen LogP) is 10.8. The van der Waals surface area contributed by atoms with E-state index in [0.29, 0.717) is 11.8 Å². The molecule has 12 heteroatoms. The van der Waals surface area contributed by atoms with E-state index in [0.717, 1.165) is 0 Å². The van der Waals surface area contributed by atoms with Crippen molar-refractivity contribution in [1.82, 2.24) is 4.98 Å². The number of benzene rings is 2. The van der Waals surface area contributed by atoms with Crippen LogP contribution in [0.3, 0.4) is 0 Å². The van der Waals surface area contributed by atoms with Crippen molar-refractivity contribution in [3.8, 4) is 22.4 Å². The van der Waals surface area contributed by atoms with Gasteiger partial charge in [0, 0.05) is 28.5 Å². The number of carbonyl (C=O) groups is 1. The van der Waals surface area contributed by atoms with Crippen LogP contribution in [0.4, 0.5) is 0 Å². The van der Waals surface area contributed by atoms with Crippen LogP contribution in [0.15, 0.2) is 12.3 Å². The number of carbonyl (C=O) groups excluding carboxylic acids is 1. The molecule has 0 saturated heterocycles. The summed E-state index contributed by atoms with van der Waals surface area (Å²) in [4.78, 5) is 16.1. The summed E-state index contributed by atoms with van der Waals surface area (Å²) in [5, 5.41) is -0.0516. The highest BCUT2D eigenvalue weighted by molar-refractivity contribution is 6.57. The smallest absolute Gasteiger partial charge is 0.152 e. The molecular formula is C18H3Cl10NO. The number of hydrogen-bond acceptors (Lipinski definition) is 2. The molecular weight excluding hydrogens is 601 g/mol. The fourth-order valence-corrected chi connectivity index (χ4v) is 5.26. The zero-order valence-corrected chi connectivity index (χ0v) is 21.4. The lowest BCUT2D eigenvalue weighted by atomic mass is 10.0. The van der Waals surface area contributed by atoms with Gasteiger partial charge >= 0.3 is 0 Å². The summed E-state index contributed by atoms with van der Waals surface area (Å²) in [5.41, 5.74) is 0.914. The number of hydrogen-bond donors (Lipinski definition) is 0. The Balaban J connectivity index is 2.32. The predicted molar refractivity (Wildman–Crippen MR) is 131 cm³/mol. The molecule has 0 radical (unpaired) electrons. The molecule has 0 spiro atoms. The van der Waals surface area contributed by atoms with E-state index >= 15 is 0 Å². The molecule has 0 aliphatic carbocycles. The third-order valence-electron chi connectivity index (χ3n) is 3.99. The van der Waals surface area contributed by atoms with Crippen LogP contribution in [0, 0.1) is 0 Å². The van der Waals surface area contributed by atoms with Gasteiger partial charge in [-0.1, -0.05) is 116 Å². The van der Waals surface area contributed by atoms with E-state index in [1.54, 1.807) is 0 Å². The number of halogens is 10. The van der Waals surface area contributed by atoms with Gasteiger partial charge in [0.05, 0.1) is 55.9 Å². The van der Waals surface area contributed by atoms with Gasteiger partial charge in [-0.2, -0.15) is 0 Å². The van der Waals surface area contributed by atoms with Crippen molar-refractivity contribution in [3.63, 3.8) is 0 Å². The van der Waals surface area contributed by atoms with Gasteiger partial charge in [-0.05, 0) is 6.07 Å². The second kappa shape index (κ2) is 9.57. The molecule has 2 aromatic carbocycles. The minimum atomic E-state index is -0.0344. The topological polar surface area (TPSA) is 30.0 Å². The summed E-state index contributed by atoms with van der Waals surface area (Å²) in [6.07, 6.45) is 1.91. The Kier molecular flexibility index (Phi) is 7.91. The minimum absolute atomic E-state index is 0.00119. The van der Waals surface area contributed by atoms with E-state index in [9.17, 15) is 4.79 Å². The molecule has 0 unspecified atom stereocenters. The lowest BCUT2D eigenvalue weighted by Crippen LogP contribution is -1.97. The lowest BCUT2D eigenvalue weighted by molar-refractivity contribution is 0.112. The van der Waals surface area contributed by atoms with Crippen LogP contribution in [0.25, 0.3) is 22.4 Å². The second-order valence-corrected chi connectivity index (χ2v) is 9.45. The molecule has 0 atom stereocenters. The molecule has 0 bridgehead atoms. The first-order valence-electron chi connectivity index (χ1n) is 7.51. The molecule has 3 aromatic rings. The molecule has 0 N–H and O–H groups in total. The van der Waals surface area contributed by atoms with Gasteiger partial charge in [-0.25, -0.2) is 0 Å². The van der Waals surface area contributed by atoms with Crippen LogP contribution in [-0.4, -0.2) is 11.3 Å². The largest absolute Gasteiger partial charge is 0.298 e. The fraction of sp³-hybridized carbons (Fsp3) is 0. The highest BCUT2D eigenvalue weighted by atomic mass is 35.5. The van der Waals surface area contributed by atoms with Crippen molar-refractivity contribution in [2.75, 3.05) is 0 Å². The highest BCUT2D eigenvalue weighted by Gasteiger charge is 2.25. The van der Waals surface area contributed by atoms with Crippen molar-refractivity contribution < 1.29 is 4.79 Å². The second-order valence-electron chi connectivity index (χ2n) is 5.67. The Morgan fingerprint density at radius 3 is 1.33 bits per heavy atom. The van der Waals surface area contributed by atoms with Crippen molar-refractivity contribution in [2.45, 2.75) is 0 Å². The van der Waals surface area contributed by atoms with E-state index in [1.165, 1.54) is 12.3 Å². The molecule has 0 amide bonds. The molecule has 2 nitrogen and oxygen atoms in total. The van der Waals surface area contributed by atoms with Gasteiger partial charge in [0.1, 0.15) is 0 Å².